The molecule has 0 saturated carbocycles. The van der Waals surface area contributed by atoms with E-state index in [1.165, 1.54) is 55.0 Å². The molecule has 1 aliphatic heterocycles. The smallest absolute Gasteiger partial charge is 0.145 e. The topological polar surface area (TPSA) is 17.8 Å². The Morgan fingerprint density at radius 1 is 0.574 bits per heavy atom. The van der Waals surface area contributed by atoms with E-state index in [0.717, 1.165) is 28.1 Å². The van der Waals surface area contributed by atoms with Crippen molar-refractivity contribution in [3.05, 3.63) is 180 Å². The summed E-state index contributed by atoms with van der Waals surface area (Å²) in [5.74, 6) is 1.23. The van der Waals surface area contributed by atoms with Crippen LogP contribution in [0.3, 0.4) is 0 Å². The molecule has 266 valence electrons. The average molecular weight is 719 g/mol. The predicted octanol–water partition coefficient (Wildman–Crippen LogP) is 13.8. The first-order valence-electron chi connectivity index (χ1n) is 19.1. The van der Waals surface area contributed by atoms with E-state index in [9.17, 15) is 0 Å². The number of hydrogen-bond donors (Lipinski definition) is 0. The number of benzene rings is 6. The fourth-order valence-electron chi connectivity index (χ4n) is 7.99. The Labute approximate surface area is 324 Å². The minimum atomic E-state index is 0.100. The van der Waals surface area contributed by atoms with Crippen molar-refractivity contribution in [1.82, 2.24) is 9.55 Å². The molecule has 54 heavy (non-hydrogen) atoms. The SMILES string of the molecule is CC(C)(C)c1ccc(C2=CC3c4cc(-c5ccc(C(C)(C)C)cc5)cc(-c5cccc(-c6nc7ccccc7n6-c6ccccc6)c5)c4SC3C=C2)cc1. The number of nitrogens with zero attached hydrogens (tertiary/aromatic N) is 2. The molecule has 2 atom stereocenters. The number of aromatic nitrogens is 2. The molecular weight excluding hydrogens is 673 g/mol. The van der Waals surface area contributed by atoms with Gasteiger partial charge < -0.3 is 0 Å². The zero-order chi connectivity index (χ0) is 37.2. The Balaban J connectivity index is 1.19. The highest BCUT2D eigenvalue weighted by molar-refractivity contribution is 8.00. The number of rotatable bonds is 5. The lowest BCUT2D eigenvalue weighted by Gasteiger charge is -2.22. The zero-order valence-electron chi connectivity index (χ0n) is 32.0. The monoisotopic (exact) mass is 718 g/mol. The van der Waals surface area contributed by atoms with Crippen LogP contribution in [-0.4, -0.2) is 14.8 Å². The highest BCUT2D eigenvalue weighted by Crippen LogP contribution is 2.54. The van der Waals surface area contributed by atoms with Crippen LogP contribution in [0, 0.1) is 0 Å². The van der Waals surface area contributed by atoms with Gasteiger partial charge in [0.05, 0.1) is 11.0 Å². The molecule has 7 aromatic rings. The van der Waals surface area contributed by atoms with E-state index in [2.05, 4.69) is 204 Å². The van der Waals surface area contributed by atoms with E-state index in [-0.39, 0.29) is 16.7 Å². The molecule has 3 heteroatoms. The standard InChI is InChI=1S/C51H46N2S/c1-50(2,3)39-24-19-33(20-25-39)35-23-28-47-43(30-35)44-32-38(34-21-26-40(27-22-34)51(4,5)6)31-42(48(44)54-47)36-13-12-14-37(29-36)49-52-45-17-10-11-18-46(45)53(49)41-15-8-7-9-16-41/h7-32,43,47H,1-6H3. The van der Waals surface area contributed by atoms with Gasteiger partial charge >= 0.3 is 0 Å². The summed E-state index contributed by atoms with van der Waals surface area (Å²) >= 11 is 2.01. The molecule has 0 saturated heterocycles. The van der Waals surface area contributed by atoms with Gasteiger partial charge in [-0.3, -0.25) is 4.57 Å². The van der Waals surface area contributed by atoms with Crippen LogP contribution in [0.4, 0.5) is 0 Å². The molecule has 0 fully saturated rings. The third kappa shape index (κ3) is 6.25. The molecule has 1 aromatic heterocycles. The second kappa shape index (κ2) is 13.2. The molecule has 0 amide bonds. The Morgan fingerprint density at radius 3 is 1.93 bits per heavy atom. The number of thioether (sulfide) groups is 1. The second-order valence-electron chi connectivity index (χ2n) is 16.9. The maximum atomic E-state index is 5.22. The first-order chi connectivity index (χ1) is 26.0. The molecule has 2 heterocycles. The maximum absolute atomic E-state index is 5.22. The minimum absolute atomic E-state index is 0.100. The van der Waals surface area contributed by atoms with Crippen molar-refractivity contribution in [2.45, 2.75) is 68.4 Å². The van der Waals surface area contributed by atoms with Gasteiger partial charge in [0, 0.05) is 27.3 Å². The summed E-state index contributed by atoms with van der Waals surface area (Å²) in [5, 5.41) is 0.348. The van der Waals surface area contributed by atoms with E-state index in [1.54, 1.807) is 0 Å². The second-order valence-corrected chi connectivity index (χ2v) is 18.1. The summed E-state index contributed by atoms with van der Waals surface area (Å²) in [7, 11) is 0. The molecule has 1 aliphatic carbocycles. The van der Waals surface area contributed by atoms with Crippen molar-refractivity contribution in [3.8, 4) is 39.3 Å². The van der Waals surface area contributed by atoms with Crippen LogP contribution in [-0.2, 0) is 10.8 Å². The van der Waals surface area contributed by atoms with E-state index in [0.29, 0.717) is 5.25 Å². The third-order valence-corrected chi connectivity index (χ3v) is 12.5. The zero-order valence-corrected chi connectivity index (χ0v) is 32.8. The summed E-state index contributed by atoms with van der Waals surface area (Å²) in [6, 6.07) is 51.3. The third-order valence-electron chi connectivity index (χ3n) is 11.1. The van der Waals surface area contributed by atoms with Gasteiger partial charge in [0.15, 0.2) is 0 Å². The van der Waals surface area contributed by atoms with Crippen LogP contribution in [0.15, 0.2) is 163 Å². The molecule has 2 nitrogen and oxygen atoms in total. The highest BCUT2D eigenvalue weighted by atomic mass is 32.2. The maximum Gasteiger partial charge on any atom is 0.145 e. The Hall–Kier alpha value is -5.38. The van der Waals surface area contributed by atoms with Gasteiger partial charge in [0.1, 0.15) is 5.82 Å². The summed E-state index contributed by atoms with van der Waals surface area (Å²) in [6.45, 7) is 13.7. The molecule has 2 unspecified atom stereocenters. The lowest BCUT2D eigenvalue weighted by atomic mass is 9.83. The Kier molecular flexibility index (Phi) is 8.39. The van der Waals surface area contributed by atoms with Crippen LogP contribution in [0.1, 0.15) is 69.7 Å². The summed E-state index contributed by atoms with van der Waals surface area (Å²) < 4.78 is 2.29. The van der Waals surface area contributed by atoms with E-state index in [4.69, 9.17) is 4.98 Å². The Bertz CT molecular complexity index is 2570. The van der Waals surface area contributed by atoms with Crippen molar-refractivity contribution in [3.63, 3.8) is 0 Å². The summed E-state index contributed by atoms with van der Waals surface area (Å²) in [6.07, 6.45) is 7.29. The normalized spacial score (nSPS) is 16.7. The van der Waals surface area contributed by atoms with Crippen LogP contribution >= 0.6 is 11.8 Å². The Morgan fingerprint density at radius 2 is 1.22 bits per heavy atom. The van der Waals surface area contributed by atoms with Gasteiger partial charge in [0.25, 0.3) is 0 Å². The first-order valence-corrected chi connectivity index (χ1v) is 20.0. The molecule has 9 rings (SSSR count). The molecule has 6 aromatic carbocycles. The highest BCUT2D eigenvalue weighted by Gasteiger charge is 2.35. The van der Waals surface area contributed by atoms with Crippen molar-refractivity contribution >= 4 is 28.4 Å². The molecule has 0 spiro atoms. The fourth-order valence-corrected chi connectivity index (χ4v) is 9.43. The number of hydrogen-bond acceptors (Lipinski definition) is 2. The van der Waals surface area contributed by atoms with Gasteiger partial charge in [-0.2, -0.15) is 0 Å². The molecule has 0 bridgehead atoms. The molecule has 2 aliphatic rings. The number of fused-ring (bicyclic) bond motifs is 4. The van der Waals surface area contributed by atoms with Crippen LogP contribution < -0.4 is 0 Å². The van der Waals surface area contributed by atoms with Crippen molar-refractivity contribution < 1.29 is 0 Å². The largest absolute Gasteiger partial charge is 0.292 e. The average Bonchev–Trinajstić information content (AvgIpc) is 3.76. The van der Waals surface area contributed by atoms with Crippen molar-refractivity contribution in [1.29, 1.82) is 0 Å². The molecular formula is C51H46N2S. The van der Waals surface area contributed by atoms with Gasteiger partial charge in [-0.15, -0.1) is 11.8 Å². The predicted molar refractivity (Wildman–Crippen MR) is 231 cm³/mol. The molecule has 0 N–H and O–H groups in total. The lowest BCUT2D eigenvalue weighted by Crippen LogP contribution is -2.11. The number of para-hydroxylation sites is 3. The summed E-state index contributed by atoms with van der Waals surface area (Å²) in [5.41, 5.74) is 16.2. The van der Waals surface area contributed by atoms with Crippen LogP contribution in [0.25, 0.3) is 55.9 Å². The van der Waals surface area contributed by atoms with Crippen molar-refractivity contribution in [2.75, 3.05) is 0 Å². The van der Waals surface area contributed by atoms with Crippen LogP contribution in [0.2, 0.25) is 0 Å². The number of imidazole rings is 1. The lowest BCUT2D eigenvalue weighted by molar-refractivity contribution is 0.590. The van der Waals surface area contributed by atoms with Gasteiger partial charge in [0.2, 0.25) is 0 Å². The van der Waals surface area contributed by atoms with Gasteiger partial charge in [-0.05, 0) is 103 Å². The first kappa shape index (κ1) is 34.4. The quantitative estimate of drug-likeness (QED) is 0.176. The van der Waals surface area contributed by atoms with E-state index >= 15 is 0 Å². The van der Waals surface area contributed by atoms with Gasteiger partial charge in [-0.25, -0.2) is 4.98 Å². The van der Waals surface area contributed by atoms with Crippen LogP contribution in [0.5, 0.6) is 0 Å². The summed E-state index contributed by atoms with van der Waals surface area (Å²) in [4.78, 5) is 6.59. The fraction of sp³-hybridized carbons (Fsp3) is 0.196. The number of allylic oxidation sites excluding steroid dienone is 3. The van der Waals surface area contributed by atoms with Gasteiger partial charge in [-0.1, -0.05) is 157 Å². The van der Waals surface area contributed by atoms with E-state index < -0.39 is 0 Å². The molecule has 0 radical (unpaired) electrons. The van der Waals surface area contributed by atoms with E-state index in [1.807, 2.05) is 11.8 Å². The minimum Gasteiger partial charge on any atom is -0.292 e. The van der Waals surface area contributed by atoms with Crippen molar-refractivity contribution in [2.24, 2.45) is 0 Å².